The van der Waals surface area contributed by atoms with E-state index in [1.165, 1.54) is 18.2 Å². The standard InChI is InChI=1S/C29H30FN3O3/c1-19(2)26(33(16-6-13-31)29(35)21-11-14-32-15-12-21)28-24(17-20-7-4-3-5-8-20)27(34)23-10-9-22(30)18-25(23)36-28/h3-5,7-12,14-15,18-19,26H,6,13,16-17,31H2,1-2H3. The van der Waals surface area contributed by atoms with Crippen LogP contribution in [0.4, 0.5) is 4.39 Å². The fraction of sp³-hybridized carbons (Fsp3) is 0.276. The van der Waals surface area contributed by atoms with Crippen molar-refractivity contribution in [3.8, 4) is 0 Å². The molecule has 6 nitrogen and oxygen atoms in total. The number of carbonyl (C=O) groups is 1. The summed E-state index contributed by atoms with van der Waals surface area (Å²) in [6, 6.07) is 16.3. The number of aromatic nitrogens is 1. The largest absolute Gasteiger partial charge is 0.458 e. The number of benzene rings is 2. The molecule has 4 aromatic rings. The van der Waals surface area contributed by atoms with Crippen LogP contribution in [-0.4, -0.2) is 28.9 Å². The average molecular weight is 488 g/mol. The second-order valence-electron chi connectivity index (χ2n) is 9.14. The van der Waals surface area contributed by atoms with Gasteiger partial charge in [0.2, 0.25) is 0 Å². The van der Waals surface area contributed by atoms with Gasteiger partial charge < -0.3 is 15.1 Å². The molecule has 0 saturated heterocycles. The molecule has 1 unspecified atom stereocenters. The van der Waals surface area contributed by atoms with Crippen LogP contribution in [0.25, 0.3) is 11.0 Å². The Morgan fingerprint density at radius 1 is 1.08 bits per heavy atom. The predicted molar refractivity (Wildman–Crippen MR) is 138 cm³/mol. The van der Waals surface area contributed by atoms with Crippen LogP contribution in [0.1, 0.15) is 53.6 Å². The molecule has 186 valence electrons. The number of amides is 1. The van der Waals surface area contributed by atoms with Crippen molar-refractivity contribution in [2.24, 2.45) is 11.7 Å². The van der Waals surface area contributed by atoms with Crippen molar-refractivity contribution in [3.63, 3.8) is 0 Å². The molecule has 7 heteroatoms. The van der Waals surface area contributed by atoms with Gasteiger partial charge in [0.25, 0.3) is 5.91 Å². The topological polar surface area (TPSA) is 89.4 Å². The summed E-state index contributed by atoms with van der Waals surface area (Å²) in [6.07, 6.45) is 4.03. The van der Waals surface area contributed by atoms with Gasteiger partial charge >= 0.3 is 0 Å². The Morgan fingerprint density at radius 3 is 2.47 bits per heavy atom. The van der Waals surface area contributed by atoms with E-state index in [2.05, 4.69) is 4.98 Å². The van der Waals surface area contributed by atoms with Gasteiger partial charge in [-0.3, -0.25) is 14.6 Å². The summed E-state index contributed by atoms with van der Waals surface area (Å²) in [5.41, 5.74) is 7.62. The van der Waals surface area contributed by atoms with E-state index in [-0.39, 0.29) is 22.8 Å². The van der Waals surface area contributed by atoms with Crippen LogP contribution in [-0.2, 0) is 6.42 Å². The highest BCUT2D eigenvalue weighted by atomic mass is 19.1. The lowest BCUT2D eigenvalue weighted by Crippen LogP contribution is -2.40. The van der Waals surface area contributed by atoms with Crippen molar-refractivity contribution < 1.29 is 13.6 Å². The van der Waals surface area contributed by atoms with Crippen molar-refractivity contribution in [3.05, 3.63) is 112 Å². The minimum Gasteiger partial charge on any atom is -0.458 e. The predicted octanol–water partition coefficient (Wildman–Crippen LogP) is 5.11. The SMILES string of the molecule is CC(C)C(c1oc2cc(F)ccc2c(=O)c1Cc1ccccc1)N(CCCN)C(=O)c1ccncc1. The Morgan fingerprint density at radius 2 is 1.81 bits per heavy atom. The Bertz CT molecular complexity index is 1390. The molecule has 2 aromatic carbocycles. The summed E-state index contributed by atoms with van der Waals surface area (Å²) < 4.78 is 20.5. The molecule has 0 saturated carbocycles. The van der Waals surface area contributed by atoms with Gasteiger partial charge in [0.1, 0.15) is 17.2 Å². The molecule has 0 fully saturated rings. The first-order valence-electron chi connectivity index (χ1n) is 12.1. The molecule has 0 aliphatic carbocycles. The van der Waals surface area contributed by atoms with E-state index in [1.54, 1.807) is 29.4 Å². The normalized spacial score (nSPS) is 12.1. The van der Waals surface area contributed by atoms with Crippen molar-refractivity contribution in [2.75, 3.05) is 13.1 Å². The number of nitrogens with two attached hydrogens (primary N) is 1. The number of rotatable bonds is 9. The molecule has 0 aliphatic heterocycles. The second-order valence-corrected chi connectivity index (χ2v) is 9.14. The maximum atomic E-state index is 14.1. The third-order valence-electron chi connectivity index (χ3n) is 6.23. The van der Waals surface area contributed by atoms with E-state index in [1.807, 2.05) is 44.2 Å². The smallest absolute Gasteiger partial charge is 0.254 e. The van der Waals surface area contributed by atoms with Crippen molar-refractivity contribution in [2.45, 2.75) is 32.7 Å². The van der Waals surface area contributed by atoms with Gasteiger partial charge in [0, 0.05) is 42.6 Å². The molecular formula is C29H30FN3O3. The van der Waals surface area contributed by atoms with Gasteiger partial charge in [-0.2, -0.15) is 0 Å². The van der Waals surface area contributed by atoms with Crippen LogP contribution in [0.2, 0.25) is 0 Å². The summed E-state index contributed by atoms with van der Waals surface area (Å²) in [5, 5.41) is 0.308. The van der Waals surface area contributed by atoms with Gasteiger partial charge in [-0.1, -0.05) is 44.2 Å². The zero-order valence-electron chi connectivity index (χ0n) is 20.5. The van der Waals surface area contributed by atoms with Crippen LogP contribution in [0.5, 0.6) is 0 Å². The van der Waals surface area contributed by atoms with Crippen molar-refractivity contribution in [1.82, 2.24) is 9.88 Å². The Balaban J connectivity index is 1.94. The molecule has 36 heavy (non-hydrogen) atoms. The molecule has 0 bridgehead atoms. The van der Waals surface area contributed by atoms with Crippen LogP contribution in [0.3, 0.4) is 0 Å². The van der Waals surface area contributed by atoms with Gasteiger partial charge in [-0.05, 0) is 48.7 Å². The van der Waals surface area contributed by atoms with Crippen LogP contribution in [0, 0.1) is 11.7 Å². The lowest BCUT2D eigenvalue weighted by atomic mass is 9.91. The zero-order chi connectivity index (χ0) is 25.7. The highest BCUT2D eigenvalue weighted by Gasteiger charge is 2.33. The first-order valence-corrected chi connectivity index (χ1v) is 12.1. The molecule has 0 radical (unpaired) electrons. The molecule has 0 spiro atoms. The quantitative estimate of drug-likeness (QED) is 0.355. The summed E-state index contributed by atoms with van der Waals surface area (Å²) in [6.45, 7) is 4.72. The van der Waals surface area contributed by atoms with Gasteiger partial charge in [0.05, 0.1) is 11.4 Å². The van der Waals surface area contributed by atoms with E-state index in [9.17, 15) is 14.0 Å². The first-order chi connectivity index (χ1) is 17.4. The summed E-state index contributed by atoms with van der Waals surface area (Å²) >= 11 is 0. The number of halogens is 1. The fourth-order valence-corrected chi connectivity index (χ4v) is 4.52. The molecule has 2 aromatic heterocycles. The Kier molecular flexibility index (Phi) is 7.90. The third-order valence-corrected chi connectivity index (χ3v) is 6.23. The molecule has 1 amide bonds. The van der Waals surface area contributed by atoms with E-state index in [0.29, 0.717) is 48.2 Å². The van der Waals surface area contributed by atoms with Gasteiger partial charge in [-0.15, -0.1) is 0 Å². The number of fused-ring (bicyclic) bond motifs is 1. The van der Waals surface area contributed by atoms with Crippen LogP contribution >= 0.6 is 0 Å². The minimum absolute atomic E-state index is 0.114. The highest BCUT2D eigenvalue weighted by molar-refractivity contribution is 5.94. The molecule has 1 atom stereocenters. The van der Waals surface area contributed by atoms with E-state index in [0.717, 1.165) is 5.56 Å². The molecule has 4 rings (SSSR count). The van der Waals surface area contributed by atoms with E-state index in [4.69, 9.17) is 10.2 Å². The monoisotopic (exact) mass is 487 g/mol. The summed E-state index contributed by atoms with van der Waals surface area (Å²) in [4.78, 5) is 33.2. The maximum absolute atomic E-state index is 14.1. The minimum atomic E-state index is -0.573. The lowest BCUT2D eigenvalue weighted by Gasteiger charge is -2.35. The van der Waals surface area contributed by atoms with Gasteiger partial charge in [-0.25, -0.2) is 4.39 Å². The molecular weight excluding hydrogens is 457 g/mol. The maximum Gasteiger partial charge on any atom is 0.254 e. The molecule has 2 heterocycles. The number of hydrogen-bond acceptors (Lipinski definition) is 5. The highest BCUT2D eigenvalue weighted by Crippen LogP contribution is 2.34. The Labute approximate surface area is 209 Å². The summed E-state index contributed by atoms with van der Waals surface area (Å²) in [5.74, 6) is -0.452. The number of nitrogens with zero attached hydrogens (tertiary/aromatic N) is 2. The van der Waals surface area contributed by atoms with Crippen LogP contribution in [0.15, 0.2) is 82.3 Å². The number of pyridine rings is 1. The number of carbonyl (C=O) groups excluding carboxylic acids is 1. The zero-order valence-corrected chi connectivity index (χ0v) is 20.5. The molecule has 0 aliphatic rings. The van der Waals surface area contributed by atoms with E-state index >= 15 is 0 Å². The fourth-order valence-electron chi connectivity index (χ4n) is 4.52. The summed E-state index contributed by atoms with van der Waals surface area (Å²) in [7, 11) is 0. The van der Waals surface area contributed by atoms with Crippen molar-refractivity contribution in [1.29, 1.82) is 0 Å². The Hall–Kier alpha value is -3.84. The number of hydrogen-bond donors (Lipinski definition) is 1. The second kappa shape index (κ2) is 11.3. The third kappa shape index (κ3) is 5.36. The lowest BCUT2D eigenvalue weighted by molar-refractivity contribution is 0.0587. The van der Waals surface area contributed by atoms with Crippen LogP contribution < -0.4 is 11.2 Å². The average Bonchev–Trinajstić information content (AvgIpc) is 2.88. The van der Waals surface area contributed by atoms with Gasteiger partial charge in [0.15, 0.2) is 5.43 Å². The van der Waals surface area contributed by atoms with E-state index < -0.39 is 11.9 Å². The molecule has 2 N–H and O–H groups in total. The first kappa shape index (κ1) is 25.3. The van der Waals surface area contributed by atoms with Crippen molar-refractivity contribution >= 4 is 16.9 Å².